The lowest BCUT2D eigenvalue weighted by Crippen LogP contribution is -2.17. The third kappa shape index (κ3) is 10.7. The van der Waals surface area contributed by atoms with Crippen LogP contribution in [0.3, 0.4) is 0 Å². The molecule has 0 spiro atoms. The maximum Gasteiger partial charge on any atom is 0.240 e. The highest BCUT2D eigenvalue weighted by Crippen LogP contribution is 2.20. The van der Waals surface area contributed by atoms with Crippen LogP contribution in [0.4, 0.5) is 0 Å². The van der Waals surface area contributed by atoms with Gasteiger partial charge in [-0.1, -0.05) is 48.9 Å². The van der Waals surface area contributed by atoms with Crippen molar-refractivity contribution in [2.24, 2.45) is 10.2 Å². The Morgan fingerprint density at radius 2 is 1.09 bits per heavy atom. The number of rotatable bonds is 13. The Bertz CT molecular complexity index is 947. The molecule has 34 heavy (non-hydrogen) atoms. The SMILES string of the molecule is O=C(CCCCCCCCC(=O)N/N=C/c1cc(Cl)ccc1O)N/N=C/c1cc(Cl)ccc1O. The second-order valence-corrected chi connectivity index (χ2v) is 8.49. The number of halogens is 2. The summed E-state index contributed by atoms with van der Waals surface area (Å²) in [4.78, 5) is 23.6. The first-order valence-electron chi connectivity index (χ1n) is 11.0. The molecule has 0 unspecified atom stereocenters. The average molecular weight is 507 g/mol. The Morgan fingerprint density at radius 1 is 0.706 bits per heavy atom. The number of hydrogen-bond acceptors (Lipinski definition) is 6. The normalized spacial score (nSPS) is 11.2. The van der Waals surface area contributed by atoms with Gasteiger partial charge in [-0.2, -0.15) is 10.2 Å². The number of nitrogens with zero attached hydrogens (tertiary/aromatic N) is 2. The van der Waals surface area contributed by atoms with Gasteiger partial charge in [-0.25, -0.2) is 10.9 Å². The van der Waals surface area contributed by atoms with Crippen LogP contribution in [-0.2, 0) is 9.59 Å². The molecule has 2 aromatic carbocycles. The predicted octanol–water partition coefficient (Wildman–Crippen LogP) is 5.13. The summed E-state index contributed by atoms with van der Waals surface area (Å²) in [6, 6.07) is 9.15. The van der Waals surface area contributed by atoms with E-state index in [-0.39, 0.29) is 23.3 Å². The molecule has 0 aliphatic rings. The van der Waals surface area contributed by atoms with Crippen LogP contribution in [0.25, 0.3) is 0 Å². The molecule has 2 rings (SSSR count). The minimum Gasteiger partial charge on any atom is -0.507 e. The van der Waals surface area contributed by atoms with E-state index in [1.54, 1.807) is 24.3 Å². The number of phenols is 2. The molecule has 0 heterocycles. The molecule has 0 saturated heterocycles. The fraction of sp³-hybridized carbons (Fsp3) is 0.333. The molecule has 0 aliphatic heterocycles. The van der Waals surface area contributed by atoms with Crippen LogP contribution in [0.1, 0.15) is 62.5 Å². The van der Waals surface area contributed by atoms with E-state index in [4.69, 9.17) is 23.2 Å². The number of hydrogen-bond donors (Lipinski definition) is 4. The van der Waals surface area contributed by atoms with Gasteiger partial charge >= 0.3 is 0 Å². The van der Waals surface area contributed by atoms with E-state index >= 15 is 0 Å². The highest BCUT2D eigenvalue weighted by atomic mass is 35.5. The standard InChI is InChI=1S/C24H28Cl2N4O4/c25-19-9-11-21(31)17(13-19)15-27-29-23(33)7-5-3-1-2-4-6-8-24(34)30-28-16-18-14-20(26)10-12-22(18)32/h9-16,31-32H,1-8H2,(H,29,33)(H,30,34)/b27-15+,28-16+. The number of carbonyl (C=O) groups is 2. The van der Waals surface area contributed by atoms with Crippen LogP contribution >= 0.6 is 23.2 Å². The Labute approximate surface area is 208 Å². The molecule has 0 atom stereocenters. The van der Waals surface area contributed by atoms with Gasteiger partial charge in [-0.3, -0.25) is 9.59 Å². The molecule has 182 valence electrons. The van der Waals surface area contributed by atoms with Crippen molar-refractivity contribution < 1.29 is 19.8 Å². The van der Waals surface area contributed by atoms with E-state index in [2.05, 4.69) is 21.1 Å². The third-order valence-electron chi connectivity index (χ3n) is 4.82. The van der Waals surface area contributed by atoms with Crippen molar-refractivity contribution in [3.05, 3.63) is 57.6 Å². The summed E-state index contributed by atoms with van der Waals surface area (Å²) in [5, 5.41) is 28.0. The van der Waals surface area contributed by atoms with Crippen LogP contribution in [0.15, 0.2) is 46.6 Å². The number of hydrazone groups is 2. The summed E-state index contributed by atoms with van der Waals surface area (Å²) in [6.45, 7) is 0. The van der Waals surface area contributed by atoms with Crippen molar-refractivity contribution in [2.45, 2.75) is 51.4 Å². The summed E-state index contributed by atoms with van der Waals surface area (Å²) in [5.74, 6) is -0.321. The first-order chi connectivity index (χ1) is 16.3. The molecule has 0 bridgehead atoms. The Kier molecular flexibility index (Phi) is 11.9. The summed E-state index contributed by atoms with van der Waals surface area (Å²) in [5.41, 5.74) is 5.72. The zero-order valence-corrected chi connectivity index (χ0v) is 20.1. The first-order valence-corrected chi connectivity index (χ1v) is 11.7. The van der Waals surface area contributed by atoms with Crippen molar-refractivity contribution in [3.63, 3.8) is 0 Å². The number of phenolic OH excluding ortho intramolecular Hbond substituents is 2. The maximum absolute atomic E-state index is 11.8. The smallest absolute Gasteiger partial charge is 0.240 e. The van der Waals surface area contributed by atoms with E-state index in [1.807, 2.05) is 0 Å². The zero-order valence-electron chi connectivity index (χ0n) is 18.6. The van der Waals surface area contributed by atoms with Gasteiger partial charge in [-0.15, -0.1) is 0 Å². The lowest BCUT2D eigenvalue weighted by atomic mass is 10.1. The molecule has 0 saturated carbocycles. The van der Waals surface area contributed by atoms with E-state index in [0.29, 0.717) is 34.0 Å². The Balaban J connectivity index is 1.49. The second kappa shape index (κ2) is 14.9. The molecule has 8 nitrogen and oxygen atoms in total. The second-order valence-electron chi connectivity index (χ2n) is 7.61. The minimum absolute atomic E-state index is 0.0328. The predicted molar refractivity (Wildman–Crippen MR) is 135 cm³/mol. The van der Waals surface area contributed by atoms with Gasteiger partial charge in [0.15, 0.2) is 0 Å². The zero-order chi connectivity index (χ0) is 24.8. The van der Waals surface area contributed by atoms with Gasteiger partial charge in [0.2, 0.25) is 11.8 Å². The molecule has 0 aromatic heterocycles. The number of aromatic hydroxyl groups is 2. The maximum atomic E-state index is 11.8. The summed E-state index contributed by atoms with van der Waals surface area (Å²) < 4.78 is 0. The van der Waals surface area contributed by atoms with Crippen LogP contribution < -0.4 is 10.9 Å². The molecular formula is C24H28Cl2N4O4. The molecule has 0 fully saturated rings. The van der Waals surface area contributed by atoms with Gasteiger partial charge in [0.05, 0.1) is 12.4 Å². The largest absolute Gasteiger partial charge is 0.507 e. The fourth-order valence-corrected chi connectivity index (χ4v) is 3.36. The summed E-state index contributed by atoms with van der Waals surface area (Å²) >= 11 is 11.7. The molecule has 2 amide bonds. The summed E-state index contributed by atoms with van der Waals surface area (Å²) in [7, 11) is 0. The Morgan fingerprint density at radius 3 is 1.50 bits per heavy atom. The van der Waals surface area contributed by atoms with Crippen molar-refractivity contribution in [3.8, 4) is 11.5 Å². The monoisotopic (exact) mass is 506 g/mol. The van der Waals surface area contributed by atoms with Crippen molar-refractivity contribution in [2.75, 3.05) is 0 Å². The van der Waals surface area contributed by atoms with E-state index < -0.39 is 0 Å². The lowest BCUT2D eigenvalue weighted by molar-refractivity contribution is -0.122. The van der Waals surface area contributed by atoms with Gasteiger partial charge in [0, 0.05) is 34.0 Å². The molecule has 4 N–H and O–H groups in total. The molecular weight excluding hydrogens is 479 g/mol. The molecule has 2 aromatic rings. The highest BCUT2D eigenvalue weighted by molar-refractivity contribution is 6.31. The van der Waals surface area contributed by atoms with Crippen molar-refractivity contribution in [1.29, 1.82) is 0 Å². The number of unbranched alkanes of at least 4 members (excludes halogenated alkanes) is 5. The number of benzene rings is 2. The van der Waals surface area contributed by atoms with Gasteiger partial charge in [0.25, 0.3) is 0 Å². The van der Waals surface area contributed by atoms with Gasteiger partial charge < -0.3 is 10.2 Å². The van der Waals surface area contributed by atoms with Crippen molar-refractivity contribution >= 4 is 47.4 Å². The van der Waals surface area contributed by atoms with Gasteiger partial charge in [0.1, 0.15) is 11.5 Å². The lowest BCUT2D eigenvalue weighted by Gasteiger charge is -2.03. The molecule has 0 radical (unpaired) electrons. The summed E-state index contributed by atoms with van der Waals surface area (Å²) in [6.07, 6.45) is 8.68. The van der Waals surface area contributed by atoms with Crippen LogP contribution in [0, 0.1) is 0 Å². The van der Waals surface area contributed by atoms with Crippen molar-refractivity contribution in [1.82, 2.24) is 10.9 Å². The van der Waals surface area contributed by atoms with Crippen LogP contribution in [-0.4, -0.2) is 34.5 Å². The minimum atomic E-state index is -0.193. The van der Waals surface area contributed by atoms with Crippen LogP contribution in [0.5, 0.6) is 11.5 Å². The number of carbonyl (C=O) groups excluding carboxylic acids is 2. The Hall–Kier alpha value is -3.10. The van der Waals surface area contributed by atoms with Gasteiger partial charge in [-0.05, 0) is 49.2 Å². The fourth-order valence-electron chi connectivity index (χ4n) is 3.00. The number of nitrogens with one attached hydrogen (secondary N) is 2. The van der Waals surface area contributed by atoms with E-state index in [9.17, 15) is 19.8 Å². The average Bonchev–Trinajstić information content (AvgIpc) is 2.80. The topological polar surface area (TPSA) is 123 Å². The quantitative estimate of drug-likeness (QED) is 0.171. The molecule has 0 aliphatic carbocycles. The van der Waals surface area contributed by atoms with E-state index in [1.165, 1.54) is 24.6 Å². The molecule has 10 heteroatoms. The third-order valence-corrected chi connectivity index (χ3v) is 5.29. The van der Waals surface area contributed by atoms with E-state index in [0.717, 1.165) is 38.5 Å². The first kappa shape index (κ1) is 27.1. The highest BCUT2D eigenvalue weighted by Gasteiger charge is 2.03. The van der Waals surface area contributed by atoms with Crippen LogP contribution in [0.2, 0.25) is 10.0 Å². The number of amides is 2.